The van der Waals surface area contributed by atoms with Crippen molar-refractivity contribution >= 4 is 10.9 Å². The van der Waals surface area contributed by atoms with Crippen LogP contribution in [0, 0.1) is 6.92 Å². The Kier molecular flexibility index (Phi) is 5.47. The molecule has 130 valence electrons. The Bertz CT molecular complexity index is 843. The molecule has 0 saturated heterocycles. The lowest BCUT2D eigenvalue weighted by atomic mass is 9.93. The van der Waals surface area contributed by atoms with E-state index in [9.17, 15) is 5.11 Å². The van der Waals surface area contributed by atoms with Gasteiger partial charge in [0.1, 0.15) is 0 Å². The molecule has 3 aromatic rings. The van der Waals surface area contributed by atoms with Crippen molar-refractivity contribution in [3.05, 3.63) is 65.9 Å². The van der Waals surface area contributed by atoms with Crippen LogP contribution in [0.1, 0.15) is 25.1 Å². The van der Waals surface area contributed by atoms with E-state index in [0.717, 1.165) is 22.2 Å². The standard InChI is InChI=1S/C22H26N2O/c1-15(2)23-14-18(25)13-21-16(3)22(17-9-5-4-6-10-17)19-11-7-8-12-20(19)24-21/h4-12,15,18,23,25H,13-14H2,1-3H3/t18-/m0/s1. The smallest absolute Gasteiger partial charge is 0.0720 e. The molecule has 0 bridgehead atoms. The summed E-state index contributed by atoms with van der Waals surface area (Å²) in [5, 5.41) is 14.9. The van der Waals surface area contributed by atoms with Crippen LogP contribution < -0.4 is 5.32 Å². The first-order chi connectivity index (χ1) is 12.1. The Labute approximate surface area is 149 Å². The van der Waals surface area contributed by atoms with E-state index < -0.39 is 6.10 Å². The highest BCUT2D eigenvalue weighted by Crippen LogP contribution is 2.32. The molecule has 0 spiro atoms. The largest absolute Gasteiger partial charge is 0.391 e. The number of nitrogens with zero attached hydrogens (tertiary/aromatic N) is 1. The molecule has 0 unspecified atom stereocenters. The van der Waals surface area contributed by atoms with E-state index in [4.69, 9.17) is 4.98 Å². The van der Waals surface area contributed by atoms with Crippen molar-refractivity contribution in [3.63, 3.8) is 0 Å². The minimum absolute atomic E-state index is 0.361. The van der Waals surface area contributed by atoms with E-state index in [1.807, 2.05) is 18.2 Å². The SMILES string of the molecule is Cc1c(C[C@H](O)CNC(C)C)nc2ccccc2c1-c1ccccc1. The number of fused-ring (bicyclic) bond motifs is 1. The van der Waals surface area contributed by atoms with E-state index in [-0.39, 0.29) is 0 Å². The highest BCUT2D eigenvalue weighted by Gasteiger charge is 2.16. The van der Waals surface area contributed by atoms with Crippen LogP contribution in [0.25, 0.3) is 22.0 Å². The van der Waals surface area contributed by atoms with Gasteiger partial charge in [0.15, 0.2) is 0 Å². The van der Waals surface area contributed by atoms with E-state index in [0.29, 0.717) is 19.0 Å². The number of aliphatic hydroxyl groups is 1. The van der Waals surface area contributed by atoms with Crippen LogP contribution >= 0.6 is 0 Å². The van der Waals surface area contributed by atoms with Gasteiger partial charge in [0.05, 0.1) is 11.6 Å². The summed E-state index contributed by atoms with van der Waals surface area (Å²) in [6.45, 7) is 6.85. The molecule has 25 heavy (non-hydrogen) atoms. The molecule has 0 amide bonds. The molecule has 0 fully saturated rings. The first-order valence-electron chi connectivity index (χ1n) is 8.91. The summed E-state index contributed by atoms with van der Waals surface area (Å²) in [6.07, 6.45) is 0.106. The Morgan fingerprint density at radius 2 is 1.68 bits per heavy atom. The number of pyridine rings is 1. The predicted octanol–water partition coefficient (Wildman–Crippen LogP) is 4.11. The van der Waals surface area contributed by atoms with Crippen LogP contribution in [0.2, 0.25) is 0 Å². The molecule has 0 saturated carbocycles. The number of nitrogens with one attached hydrogen (secondary N) is 1. The lowest BCUT2D eigenvalue weighted by Crippen LogP contribution is -2.33. The Morgan fingerprint density at radius 1 is 1.00 bits per heavy atom. The van der Waals surface area contributed by atoms with Gasteiger partial charge >= 0.3 is 0 Å². The lowest BCUT2D eigenvalue weighted by Gasteiger charge is -2.18. The number of aromatic nitrogens is 1. The normalized spacial score (nSPS) is 12.7. The van der Waals surface area contributed by atoms with Gasteiger partial charge in [-0.1, -0.05) is 62.4 Å². The summed E-state index contributed by atoms with van der Waals surface area (Å²) in [5.41, 5.74) is 5.50. The highest BCUT2D eigenvalue weighted by molar-refractivity contribution is 5.96. The molecule has 3 heteroatoms. The second kappa shape index (κ2) is 7.77. The minimum Gasteiger partial charge on any atom is -0.391 e. The topological polar surface area (TPSA) is 45.1 Å². The summed E-state index contributed by atoms with van der Waals surface area (Å²) >= 11 is 0. The molecule has 0 aliphatic rings. The van der Waals surface area contributed by atoms with E-state index in [1.54, 1.807) is 0 Å². The number of hydrogen-bond acceptors (Lipinski definition) is 3. The number of rotatable bonds is 6. The van der Waals surface area contributed by atoms with Crippen molar-refractivity contribution in [2.24, 2.45) is 0 Å². The molecule has 2 N–H and O–H groups in total. The summed E-state index contributed by atoms with van der Waals surface area (Å²) < 4.78 is 0. The summed E-state index contributed by atoms with van der Waals surface area (Å²) in [7, 11) is 0. The van der Waals surface area contributed by atoms with Gasteiger partial charge in [-0.15, -0.1) is 0 Å². The number of aliphatic hydroxyl groups excluding tert-OH is 1. The third-order valence-corrected chi connectivity index (χ3v) is 4.49. The maximum absolute atomic E-state index is 10.4. The molecule has 1 aromatic heterocycles. The first kappa shape index (κ1) is 17.6. The van der Waals surface area contributed by atoms with Crippen molar-refractivity contribution in [1.29, 1.82) is 0 Å². The van der Waals surface area contributed by atoms with Gasteiger partial charge in [-0.3, -0.25) is 4.98 Å². The van der Waals surface area contributed by atoms with Gasteiger partial charge in [-0.05, 0) is 29.7 Å². The fourth-order valence-electron chi connectivity index (χ4n) is 3.20. The average molecular weight is 334 g/mol. The van der Waals surface area contributed by atoms with Crippen molar-refractivity contribution in [1.82, 2.24) is 10.3 Å². The number of para-hydroxylation sites is 1. The molecule has 0 aliphatic heterocycles. The van der Waals surface area contributed by atoms with Gasteiger partial charge in [0.25, 0.3) is 0 Å². The molecule has 0 aliphatic carbocycles. The van der Waals surface area contributed by atoms with Gasteiger partial charge in [0.2, 0.25) is 0 Å². The van der Waals surface area contributed by atoms with Crippen molar-refractivity contribution < 1.29 is 5.11 Å². The van der Waals surface area contributed by atoms with Gasteiger partial charge in [-0.25, -0.2) is 0 Å². The van der Waals surface area contributed by atoms with Crippen LogP contribution in [-0.4, -0.2) is 28.8 Å². The molecule has 2 aromatic carbocycles. The lowest BCUT2D eigenvalue weighted by molar-refractivity contribution is 0.167. The zero-order chi connectivity index (χ0) is 17.8. The molecule has 1 heterocycles. The zero-order valence-corrected chi connectivity index (χ0v) is 15.2. The van der Waals surface area contributed by atoms with Crippen LogP contribution in [-0.2, 0) is 6.42 Å². The molecule has 3 nitrogen and oxygen atoms in total. The Balaban J connectivity index is 2.04. The average Bonchev–Trinajstić information content (AvgIpc) is 2.61. The van der Waals surface area contributed by atoms with Gasteiger partial charge in [0, 0.05) is 30.1 Å². The van der Waals surface area contributed by atoms with E-state index in [2.05, 4.69) is 62.5 Å². The van der Waals surface area contributed by atoms with E-state index >= 15 is 0 Å². The van der Waals surface area contributed by atoms with Crippen molar-refractivity contribution in [2.45, 2.75) is 39.3 Å². The second-order valence-electron chi connectivity index (χ2n) is 6.86. The van der Waals surface area contributed by atoms with Crippen LogP contribution in [0.15, 0.2) is 54.6 Å². The molecular weight excluding hydrogens is 308 g/mol. The van der Waals surface area contributed by atoms with E-state index in [1.165, 1.54) is 11.1 Å². The number of hydrogen-bond donors (Lipinski definition) is 2. The maximum atomic E-state index is 10.4. The highest BCUT2D eigenvalue weighted by atomic mass is 16.3. The summed E-state index contributed by atoms with van der Waals surface area (Å²) in [6, 6.07) is 19.0. The molecular formula is C22H26N2O. The fourth-order valence-corrected chi connectivity index (χ4v) is 3.20. The summed E-state index contributed by atoms with van der Waals surface area (Å²) in [5.74, 6) is 0. The molecule has 1 atom stereocenters. The number of benzene rings is 2. The zero-order valence-electron chi connectivity index (χ0n) is 15.2. The quantitative estimate of drug-likeness (QED) is 0.713. The molecule has 3 rings (SSSR count). The fraction of sp³-hybridized carbons (Fsp3) is 0.318. The second-order valence-corrected chi connectivity index (χ2v) is 6.86. The van der Waals surface area contributed by atoms with Crippen molar-refractivity contribution in [2.75, 3.05) is 6.54 Å². The minimum atomic E-state index is -0.446. The van der Waals surface area contributed by atoms with Crippen LogP contribution in [0.5, 0.6) is 0 Å². The Hall–Kier alpha value is -2.23. The van der Waals surface area contributed by atoms with Gasteiger partial charge in [-0.2, -0.15) is 0 Å². The van der Waals surface area contributed by atoms with Crippen LogP contribution in [0.4, 0.5) is 0 Å². The first-order valence-corrected chi connectivity index (χ1v) is 8.91. The third kappa shape index (κ3) is 4.06. The molecule has 0 radical (unpaired) electrons. The van der Waals surface area contributed by atoms with Crippen molar-refractivity contribution in [3.8, 4) is 11.1 Å². The third-order valence-electron chi connectivity index (χ3n) is 4.49. The summed E-state index contributed by atoms with van der Waals surface area (Å²) in [4.78, 5) is 4.84. The van der Waals surface area contributed by atoms with Gasteiger partial charge < -0.3 is 10.4 Å². The Morgan fingerprint density at radius 3 is 2.40 bits per heavy atom. The van der Waals surface area contributed by atoms with Crippen LogP contribution in [0.3, 0.4) is 0 Å². The predicted molar refractivity (Wildman–Crippen MR) is 105 cm³/mol. The maximum Gasteiger partial charge on any atom is 0.0720 e. The monoisotopic (exact) mass is 334 g/mol.